The Morgan fingerprint density at radius 2 is 2.05 bits per heavy atom. The lowest BCUT2D eigenvalue weighted by Crippen LogP contribution is -2.45. The first-order valence-corrected chi connectivity index (χ1v) is 8.36. The maximum absolute atomic E-state index is 4.36. The number of piperidine rings is 1. The minimum absolute atomic E-state index is 0.367. The number of nitrogens with zero attached hydrogens (tertiary/aromatic N) is 3. The highest BCUT2D eigenvalue weighted by Crippen LogP contribution is 2.46. The monoisotopic (exact) mass is 296 g/mol. The maximum Gasteiger partial charge on any atom is 0.120 e. The van der Waals surface area contributed by atoms with Crippen LogP contribution in [0, 0.1) is 0 Å². The third-order valence-corrected chi connectivity index (χ3v) is 5.43. The fourth-order valence-electron chi connectivity index (χ4n) is 4.18. The molecule has 1 aromatic carbocycles. The van der Waals surface area contributed by atoms with E-state index in [1.807, 2.05) is 12.4 Å². The van der Waals surface area contributed by atoms with E-state index in [9.17, 15) is 0 Å². The van der Waals surface area contributed by atoms with Gasteiger partial charge in [-0.15, -0.1) is 0 Å². The van der Waals surface area contributed by atoms with E-state index in [0.717, 1.165) is 32.0 Å². The quantitative estimate of drug-likeness (QED) is 0.946. The molecule has 0 atom stereocenters. The summed E-state index contributed by atoms with van der Waals surface area (Å²) in [5, 5.41) is 0. The number of fused-ring (bicyclic) bond motifs is 2. The van der Waals surface area contributed by atoms with Crippen LogP contribution in [0.25, 0.3) is 0 Å². The van der Waals surface area contributed by atoms with Crippen molar-refractivity contribution in [3.63, 3.8) is 0 Å². The number of benzene rings is 1. The van der Waals surface area contributed by atoms with E-state index in [1.54, 1.807) is 5.56 Å². The van der Waals surface area contributed by atoms with Crippen molar-refractivity contribution < 1.29 is 0 Å². The van der Waals surface area contributed by atoms with Crippen molar-refractivity contribution in [3.8, 4) is 0 Å². The smallest absolute Gasteiger partial charge is 0.120 e. The molecule has 1 saturated heterocycles. The summed E-state index contributed by atoms with van der Waals surface area (Å²) in [5.74, 6) is 1.08. The van der Waals surface area contributed by atoms with E-state index in [1.165, 1.54) is 25.1 Å². The van der Waals surface area contributed by atoms with Gasteiger partial charge in [0.15, 0.2) is 0 Å². The summed E-state index contributed by atoms with van der Waals surface area (Å²) in [7, 11) is 0. The Bertz CT molecular complexity index is 626. The largest absolute Gasteiger partial charge is 0.371 e. The van der Waals surface area contributed by atoms with Gasteiger partial charge >= 0.3 is 0 Å². The molecular formula is C18H24N4. The highest BCUT2D eigenvalue weighted by atomic mass is 15.2. The fourth-order valence-corrected chi connectivity index (χ4v) is 4.18. The lowest BCUT2D eigenvalue weighted by Gasteiger charge is -2.39. The number of rotatable bonds is 3. The molecule has 2 aliphatic rings. The summed E-state index contributed by atoms with van der Waals surface area (Å²) in [6.45, 7) is 7.83. The highest BCUT2D eigenvalue weighted by Gasteiger charge is 2.43. The van der Waals surface area contributed by atoms with Crippen LogP contribution in [0.1, 0.15) is 31.2 Å². The minimum Gasteiger partial charge on any atom is -0.371 e. The van der Waals surface area contributed by atoms with Crippen LogP contribution in [0.5, 0.6) is 0 Å². The SMILES string of the molecule is CCN1CC2(CCN(Cc3ncc[nH]3)CC2)c2ccccc21. The van der Waals surface area contributed by atoms with Crippen molar-refractivity contribution in [3.05, 3.63) is 48.0 Å². The van der Waals surface area contributed by atoms with E-state index in [2.05, 4.69) is 51.0 Å². The molecule has 0 saturated carbocycles. The Kier molecular flexibility index (Phi) is 3.41. The molecule has 0 aliphatic carbocycles. The second kappa shape index (κ2) is 5.43. The molecular weight excluding hydrogens is 272 g/mol. The van der Waals surface area contributed by atoms with Crippen LogP contribution < -0.4 is 4.90 Å². The first-order valence-electron chi connectivity index (χ1n) is 8.36. The molecule has 4 nitrogen and oxygen atoms in total. The average molecular weight is 296 g/mol. The number of likely N-dealkylation sites (N-methyl/N-ethyl adjacent to an activating group) is 1. The van der Waals surface area contributed by atoms with Crippen LogP contribution in [-0.2, 0) is 12.0 Å². The Hall–Kier alpha value is -1.81. The predicted molar refractivity (Wildman–Crippen MR) is 89.1 cm³/mol. The third kappa shape index (κ3) is 2.22. The molecule has 0 unspecified atom stereocenters. The molecule has 116 valence electrons. The Morgan fingerprint density at radius 3 is 2.77 bits per heavy atom. The van der Waals surface area contributed by atoms with Crippen LogP contribution in [-0.4, -0.2) is 41.0 Å². The summed E-state index contributed by atoms with van der Waals surface area (Å²) in [6, 6.07) is 9.03. The summed E-state index contributed by atoms with van der Waals surface area (Å²) >= 11 is 0. The minimum atomic E-state index is 0.367. The molecule has 2 aromatic rings. The number of likely N-dealkylation sites (tertiary alicyclic amines) is 1. The van der Waals surface area contributed by atoms with Gasteiger partial charge in [-0.1, -0.05) is 18.2 Å². The molecule has 0 bridgehead atoms. The van der Waals surface area contributed by atoms with Crippen LogP contribution in [0.2, 0.25) is 0 Å². The molecule has 4 rings (SSSR count). The molecule has 4 heteroatoms. The number of hydrogen-bond acceptors (Lipinski definition) is 3. The van der Waals surface area contributed by atoms with Gasteiger partial charge in [0.25, 0.3) is 0 Å². The third-order valence-electron chi connectivity index (χ3n) is 5.43. The van der Waals surface area contributed by atoms with Crippen molar-refractivity contribution >= 4 is 5.69 Å². The molecule has 0 radical (unpaired) electrons. The number of hydrogen-bond donors (Lipinski definition) is 1. The summed E-state index contributed by atoms with van der Waals surface area (Å²) < 4.78 is 0. The molecule has 3 heterocycles. The standard InChI is InChI=1S/C18H24N4/c1-2-22-14-18(15-5-3-4-6-16(15)22)7-11-21(12-8-18)13-17-19-9-10-20-17/h3-6,9-10H,2,7-8,11-14H2,1H3,(H,19,20). The van der Waals surface area contributed by atoms with Crippen molar-refractivity contribution in [2.75, 3.05) is 31.1 Å². The van der Waals surface area contributed by atoms with Crippen molar-refractivity contribution in [1.82, 2.24) is 14.9 Å². The second-order valence-corrected chi connectivity index (χ2v) is 6.62. The van der Waals surface area contributed by atoms with Gasteiger partial charge in [-0.3, -0.25) is 4.90 Å². The number of nitrogens with one attached hydrogen (secondary N) is 1. The van der Waals surface area contributed by atoms with Crippen molar-refractivity contribution in [2.24, 2.45) is 0 Å². The van der Waals surface area contributed by atoms with E-state index in [0.29, 0.717) is 5.41 Å². The van der Waals surface area contributed by atoms with Crippen molar-refractivity contribution in [2.45, 2.75) is 31.7 Å². The van der Waals surface area contributed by atoms with Crippen LogP contribution in [0.15, 0.2) is 36.7 Å². The molecule has 2 aliphatic heterocycles. The first kappa shape index (κ1) is 13.8. The predicted octanol–water partition coefficient (Wildman–Crippen LogP) is 2.78. The first-order chi connectivity index (χ1) is 10.8. The Labute approximate surface area is 132 Å². The van der Waals surface area contributed by atoms with E-state index in [-0.39, 0.29) is 0 Å². The lowest BCUT2D eigenvalue weighted by atomic mass is 9.74. The highest BCUT2D eigenvalue weighted by molar-refractivity contribution is 5.62. The van der Waals surface area contributed by atoms with E-state index >= 15 is 0 Å². The second-order valence-electron chi connectivity index (χ2n) is 6.62. The number of aromatic amines is 1. The molecule has 1 N–H and O–H groups in total. The lowest BCUT2D eigenvalue weighted by molar-refractivity contribution is 0.157. The topological polar surface area (TPSA) is 35.2 Å². The summed E-state index contributed by atoms with van der Waals surface area (Å²) in [6.07, 6.45) is 6.25. The average Bonchev–Trinajstić information content (AvgIpc) is 3.17. The maximum atomic E-state index is 4.36. The van der Waals surface area contributed by atoms with E-state index in [4.69, 9.17) is 0 Å². The zero-order valence-corrected chi connectivity index (χ0v) is 13.3. The number of aromatic nitrogens is 2. The van der Waals surface area contributed by atoms with Gasteiger partial charge in [0, 0.05) is 36.6 Å². The number of anilines is 1. The molecule has 0 amide bonds. The van der Waals surface area contributed by atoms with Crippen molar-refractivity contribution in [1.29, 1.82) is 0 Å². The Balaban J connectivity index is 1.51. The van der Waals surface area contributed by atoms with E-state index < -0.39 is 0 Å². The van der Waals surface area contributed by atoms with Gasteiger partial charge in [-0.2, -0.15) is 0 Å². The zero-order chi connectivity index (χ0) is 15.0. The van der Waals surface area contributed by atoms with Gasteiger partial charge in [0.1, 0.15) is 5.82 Å². The van der Waals surface area contributed by atoms with Crippen LogP contribution >= 0.6 is 0 Å². The normalized spacial score (nSPS) is 20.5. The van der Waals surface area contributed by atoms with Gasteiger partial charge in [-0.05, 0) is 44.5 Å². The summed E-state index contributed by atoms with van der Waals surface area (Å²) in [4.78, 5) is 12.7. The van der Waals surface area contributed by atoms with Crippen LogP contribution in [0.4, 0.5) is 5.69 Å². The fraction of sp³-hybridized carbons (Fsp3) is 0.500. The number of imidazole rings is 1. The molecule has 1 spiro atoms. The van der Waals surface area contributed by atoms with Gasteiger partial charge < -0.3 is 9.88 Å². The summed E-state index contributed by atoms with van der Waals surface area (Å²) in [5.41, 5.74) is 3.41. The molecule has 1 fully saturated rings. The Morgan fingerprint density at radius 1 is 1.23 bits per heavy atom. The van der Waals surface area contributed by atoms with Gasteiger partial charge in [0.05, 0.1) is 6.54 Å². The number of H-pyrrole nitrogens is 1. The van der Waals surface area contributed by atoms with Gasteiger partial charge in [-0.25, -0.2) is 4.98 Å². The number of para-hydroxylation sites is 1. The van der Waals surface area contributed by atoms with Gasteiger partial charge in [0.2, 0.25) is 0 Å². The van der Waals surface area contributed by atoms with Crippen LogP contribution in [0.3, 0.4) is 0 Å². The molecule has 1 aromatic heterocycles. The zero-order valence-electron chi connectivity index (χ0n) is 13.3. The molecule has 22 heavy (non-hydrogen) atoms.